The lowest BCUT2D eigenvalue weighted by atomic mass is 9.86. The predicted molar refractivity (Wildman–Crippen MR) is 68.9 cm³/mol. The van der Waals surface area contributed by atoms with Gasteiger partial charge in [-0.05, 0) is 63.2 Å². The van der Waals surface area contributed by atoms with Gasteiger partial charge in [-0.15, -0.1) is 0 Å². The van der Waals surface area contributed by atoms with Gasteiger partial charge in [0.1, 0.15) is 0 Å². The minimum absolute atomic E-state index is 1.22. The van der Waals surface area contributed by atoms with Crippen molar-refractivity contribution in [3.8, 4) is 0 Å². The second-order valence-electron chi connectivity index (χ2n) is 4.27. The molecule has 0 unspecified atom stereocenters. The Morgan fingerprint density at radius 1 is 1.27 bits per heavy atom. The Hall–Kier alpha value is -1.04. The Bertz CT molecular complexity index is 324. The highest BCUT2D eigenvalue weighted by atomic mass is 14.2. The zero-order valence-corrected chi connectivity index (χ0v) is 10.3. The lowest BCUT2D eigenvalue weighted by Crippen LogP contribution is -2.00. The van der Waals surface area contributed by atoms with Gasteiger partial charge in [-0.1, -0.05) is 30.4 Å². The molecule has 0 saturated carbocycles. The van der Waals surface area contributed by atoms with Gasteiger partial charge in [0.2, 0.25) is 0 Å². The molecule has 0 spiro atoms. The lowest BCUT2D eigenvalue weighted by molar-refractivity contribution is 0.678. The molecule has 1 aliphatic carbocycles. The summed E-state index contributed by atoms with van der Waals surface area (Å²) in [5.74, 6) is 0. The highest BCUT2D eigenvalue weighted by Crippen LogP contribution is 2.31. The van der Waals surface area contributed by atoms with Crippen LogP contribution < -0.4 is 0 Å². The number of allylic oxidation sites excluding steroid dienone is 7. The van der Waals surface area contributed by atoms with Crippen LogP contribution in [0.1, 0.15) is 46.5 Å². The Labute approximate surface area is 94.1 Å². The number of hydrogen-bond donors (Lipinski definition) is 0. The maximum Gasteiger partial charge on any atom is -0.0202 e. The molecule has 0 aromatic heterocycles. The summed E-state index contributed by atoms with van der Waals surface area (Å²) < 4.78 is 0. The van der Waals surface area contributed by atoms with Crippen molar-refractivity contribution < 1.29 is 0 Å². The molecule has 0 N–H and O–H groups in total. The van der Waals surface area contributed by atoms with Gasteiger partial charge in [0, 0.05) is 0 Å². The highest BCUT2D eigenvalue weighted by Gasteiger charge is 2.12. The molecule has 1 rings (SSSR count). The first kappa shape index (κ1) is 12.0. The van der Waals surface area contributed by atoms with E-state index in [2.05, 4.69) is 39.5 Å². The maximum atomic E-state index is 3.95. The van der Waals surface area contributed by atoms with Crippen molar-refractivity contribution >= 4 is 0 Å². The van der Waals surface area contributed by atoms with E-state index in [9.17, 15) is 0 Å². The summed E-state index contributed by atoms with van der Waals surface area (Å²) in [6.45, 7) is 10.4. The number of rotatable bonds is 3. The summed E-state index contributed by atoms with van der Waals surface area (Å²) in [6, 6.07) is 0. The molecule has 0 saturated heterocycles. The predicted octanol–water partition coefficient (Wildman–Crippen LogP) is 4.96. The fourth-order valence-electron chi connectivity index (χ4n) is 2.28. The summed E-state index contributed by atoms with van der Waals surface area (Å²) in [5, 5.41) is 0. The van der Waals surface area contributed by atoms with E-state index >= 15 is 0 Å². The quantitative estimate of drug-likeness (QED) is 0.568. The summed E-state index contributed by atoms with van der Waals surface area (Å²) in [6.07, 6.45) is 11.4. The largest absolute Gasteiger partial charge is 0.0985 e. The van der Waals surface area contributed by atoms with Crippen molar-refractivity contribution in [3.63, 3.8) is 0 Å². The molecule has 0 fully saturated rings. The number of hydrogen-bond acceptors (Lipinski definition) is 0. The first-order valence-corrected chi connectivity index (χ1v) is 5.85. The van der Waals surface area contributed by atoms with Crippen LogP contribution in [0.4, 0.5) is 0 Å². The Morgan fingerprint density at radius 3 is 2.47 bits per heavy atom. The van der Waals surface area contributed by atoms with Crippen LogP contribution in [0.15, 0.2) is 47.1 Å². The average Bonchev–Trinajstić information content (AvgIpc) is 2.22. The van der Waals surface area contributed by atoms with E-state index in [4.69, 9.17) is 0 Å². The fraction of sp³-hybridized carbons (Fsp3) is 0.467. The monoisotopic (exact) mass is 202 g/mol. The van der Waals surface area contributed by atoms with Crippen LogP contribution >= 0.6 is 0 Å². The molecule has 0 amide bonds. The van der Waals surface area contributed by atoms with Crippen LogP contribution in [0, 0.1) is 0 Å². The van der Waals surface area contributed by atoms with E-state index < -0.39 is 0 Å². The van der Waals surface area contributed by atoms with Crippen LogP contribution in [-0.4, -0.2) is 0 Å². The molecule has 0 radical (unpaired) electrons. The molecular formula is C15H22. The third-order valence-corrected chi connectivity index (χ3v) is 3.11. The summed E-state index contributed by atoms with van der Waals surface area (Å²) in [7, 11) is 0. The van der Waals surface area contributed by atoms with Crippen molar-refractivity contribution in [1.82, 2.24) is 0 Å². The minimum Gasteiger partial charge on any atom is -0.0985 e. The summed E-state index contributed by atoms with van der Waals surface area (Å²) >= 11 is 0. The van der Waals surface area contributed by atoms with E-state index in [1.807, 2.05) is 6.08 Å². The highest BCUT2D eigenvalue weighted by molar-refractivity contribution is 5.48. The smallest absolute Gasteiger partial charge is 0.0202 e. The van der Waals surface area contributed by atoms with Crippen molar-refractivity contribution in [2.45, 2.75) is 46.5 Å². The zero-order chi connectivity index (χ0) is 11.3. The Morgan fingerprint density at radius 2 is 1.93 bits per heavy atom. The van der Waals surface area contributed by atoms with Crippen LogP contribution in [0.2, 0.25) is 0 Å². The van der Waals surface area contributed by atoms with E-state index in [-0.39, 0.29) is 0 Å². The summed E-state index contributed by atoms with van der Waals surface area (Å²) in [4.78, 5) is 0. The van der Waals surface area contributed by atoms with Crippen molar-refractivity contribution in [2.24, 2.45) is 0 Å². The second kappa shape index (κ2) is 5.75. The normalized spacial score (nSPS) is 19.4. The van der Waals surface area contributed by atoms with E-state index in [1.165, 1.54) is 42.4 Å². The molecule has 82 valence electrons. The Kier molecular flexibility index (Phi) is 4.61. The van der Waals surface area contributed by atoms with Gasteiger partial charge in [-0.2, -0.15) is 0 Å². The van der Waals surface area contributed by atoms with Crippen molar-refractivity contribution in [3.05, 3.63) is 47.1 Å². The van der Waals surface area contributed by atoms with Crippen LogP contribution in [0.25, 0.3) is 0 Å². The molecular weight excluding hydrogens is 180 g/mol. The van der Waals surface area contributed by atoms with E-state index in [1.54, 1.807) is 5.57 Å². The standard InChI is InChI=1S/C15H22/c1-5-9-12(3)14(6-2)15-11-8-7-10-13(15)4/h5-6,9H,2,7-8,10-11H2,1,3-4H3/b9-5-,14-12+. The van der Waals surface area contributed by atoms with Crippen LogP contribution in [0.5, 0.6) is 0 Å². The molecule has 0 aromatic carbocycles. The van der Waals surface area contributed by atoms with Crippen molar-refractivity contribution in [1.29, 1.82) is 0 Å². The van der Waals surface area contributed by atoms with E-state index in [0.29, 0.717) is 0 Å². The average molecular weight is 202 g/mol. The zero-order valence-electron chi connectivity index (χ0n) is 10.3. The molecule has 0 aromatic rings. The van der Waals surface area contributed by atoms with Gasteiger partial charge in [0.05, 0.1) is 0 Å². The van der Waals surface area contributed by atoms with Crippen LogP contribution in [-0.2, 0) is 0 Å². The molecule has 0 atom stereocenters. The first-order valence-electron chi connectivity index (χ1n) is 5.85. The minimum atomic E-state index is 1.22. The van der Waals surface area contributed by atoms with Crippen LogP contribution in [0.3, 0.4) is 0 Å². The van der Waals surface area contributed by atoms with Crippen molar-refractivity contribution in [2.75, 3.05) is 0 Å². The third kappa shape index (κ3) is 2.95. The molecule has 0 nitrogen and oxygen atoms in total. The molecule has 15 heavy (non-hydrogen) atoms. The molecule has 0 aliphatic heterocycles. The van der Waals surface area contributed by atoms with Gasteiger partial charge in [-0.3, -0.25) is 0 Å². The summed E-state index contributed by atoms with van der Waals surface area (Å²) in [5.41, 5.74) is 5.78. The molecule has 1 aliphatic rings. The molecule has 0 bridgehead atoms. The van der Waals surface area contributed by atoms with Gasteiger partial charge in [0.25, 0.3) is 0 Å². The second-order valence-corrected chi connectivity index (χ2v) is 4.27. The molecule has 0 heteroatoms. The van der Waals surface area contributed by atoms with Gasteiger partial charge < -0.3 is 0 Å². The van der Waals surface area contributed by atoms with E-state index in [0.717, 1.165) is 0 Å². The van der Waals surface area contributed by atoms with Gasteiger partial charge in [-0.25, -0.2) is 0 Å². The SMILES string of the molecule is C=C/C(C1=C(C)CCCC1)=C(C)\C=C/C. The van der Waals surface area contributed by atoms with Gasteiger partial charge in [0.15, 0.2) is 0 Å². The van der Waals surface area contributed by atoms with Gasteiger partial charge >= 0.3 is 0 Å². The molecule has 0 heterocycles. The topological polar surface area (TPSA) is 0 Å². The third-order valence-electron chi connectivity index (χ3n) is 3.11. The fourth-order valence-corrected chi connectivity index (χ4v) is 2.28. The first-order chi connectivity index (χ1) is 7.20. The lowest BCUT2D eigenvalue weighted by Gasteiger charge is -2.20. The Balaban J connectivity index is 3.11. The maximum absolute atomic E-state index is 3.95.